The van der Waals surface area contributed by atoms with Crippen molar-refractivity contribution in [2.24, 2.45) is 5.92 Å². The summed E-state index contributed by atoms with van der Waals surface area (Å²) in [6.45, 7) is 6.78. The molecule has 2 amide bonds. The van der Waals surface area contributed by atoms with Crippen LogP contribution in [0.2, 0.25) is 0 Å². The topological polar surface area (TPSA) is 116 Å². The molecule has 2 aliphatic rings. The highest BCUT2D eigenvalue weighted by Gasteiger charge is 2.34. The zero-order valence-corrected chi connectivity index (χ0v) is 21.0. The van der Waals surface area contributed by atoms with Crippen molar-refractivity contribution < 1.29 is 9.59 Å². The van der Waals surface area contributed by atoms with Crippen LogP contribution in [0.25, 0.3) is 0 Å². The van der Waals surface area contributed by atoms with Crippen molar-refractivity contribution in [3.63, 3.8) is 0 Å². The summed E-state index contributed by atoms with van der Waals surface area (Å²) in [5, 5.41) is 6.24. The Kier molecular flexibility index (Phi) is 7.85. The molecule has 9 heteroatoms. The number of aryl methyl sites for hydroxylation is 1. The molecule has 2 aromatic rings. The van der Waals surface area contributed by atoms with E-state index in [0.29, 0.717) is 36.4 Å². The Morgan fingerprint density at radius 1 is 1.11 bits per heavy atom. The van der Waals surface area contributed by atoms with Gasteiger partial charge in [0.2, 0.25) is 0 Å². The molecule has 2 aliphatic heterocycles. The van der Waals surface area contributed by atoms with Crippen LogP contribution in [-0.2, 0) is 16.0 Å². The van der Waals surface area contributed by atoms with E-state index in [4.69, 9.17) is 5.73 Å². The number of nitrogens with one attached hydrogen (secondary N) is 2. The van der Waals surface area contributed by atoms with Crippen molar-refractivity contribution >= 4 is 29.1 Å². The van der Waals surface area contributed by atoms with Crippen molar-refractivity contribution in [3.05, 3.63) is 41.7 Å². The predicted octanol–water partition coefficient (Wildman–Crippen LogP) is 3.07. The Bertz CT molecular complexity index is 1030. The van der Waals surface area contributed by atoms with Crippen LogP contribution in [-0.4, -0.2) is 64.3 Å². The number of carbonyl (C=O) groups excluding carboxylic acids is 2. The van der Waals surface area contributed by atoms with Crippen LogP contribution < -0.4 is 16.4 Å². The van der Waals surface area contributed by atoms with Crippen molar-refractivity contribution in [2.75, 3.05) is 43.0 Å². The van der Waals surface area contributed by atoms with E-state index >= 15 is 0 Å². The first kappa shape index (κ1) is 24.9. The Balaban J connectivity index is 1.44. The molecule has 0 saturated carbocycles. The molecule has 2 fully saturated rings. The monoisotopic (exact) mass is 479 g/mol. The predicted molar refractivity (Wildman–Crippen MR) is 138 cm³/mol. The average Bonchev–Trinajstić information content (AvgIpc) is 2.86. The standard InChI is InChI=1S/C26H37N7O2/c1-4-18-13-21(15-29-24(18)27)31-25(34)26(35)33-16-17(2)5-7-22(33)19-6-8-23(28-14-19)30-20-9-11-32(3)12-10-20/h6,8,13-15,17,20,22H,4-5,7,9-12,16H2,1-3H3,(H2,27,29)(H,28,30)(H,31,34)/t17-,22+/m0/s1. The largest absolute Gasteiger partial charge is 0.383 e. The summed E-state index contributed by atoms with van der Waals surface area (Å²) in [6, 6.07) is 6.04. The van der Waals surface area contributed by atoms with Gasteiger partial charge in [-0.15, -0.1) is 0 Å². The van der Waals surface area contributed by atoms with Gasteiger partial charge in [-0.3, -0.25) is 9.59 Å². The molecule has 35 heavy (non-hydrogen) atoms. The van der Waals surface area contributed by atoms with Crippen molar-refractivity contribution in [3.8, 4) is 0 Å². The Morgan fingerprint density at radius 3 is 2.57 bits per heavy atom. The van der Waals surface area contributed by atoms with E-state index in [1.807, 2.05) is 25.3 Å². The highest BCUT2D eigenvalue weighted by molar-refractivity contribution is 6.39. The molecule has 0 spiro atoms. The third kappa shape index (κ3) is 6.08. The maximum absolute atomic E-state index is 13.2. The maximum Gasteiger partial charge on any atom is 0.313 e. The number of nitrogen functional groups attached to an aromatic ring is 1. The number of nitrogens with zero attached hydrogens (tertiary/aromatic N) is 4. The van der Waals surface area contributed by atoms with Crippen LogP contribution in [0, 0.1) is 5.92 Å². The van der Waals surface area contributed by atoms with Crippen LogP contribution in [0.15, 0.2) is 30.6 Å². The van der Waals surface area contributed by atoms with Gasteiger partial charge in [0.25, 0.3) is 0 Å². The summed E-state index contributed by atoms with van der Waals surface area (Å²) in [7, 11) is 2.15. The molecule has 0 aliphatic carbocycles. The number of amides is 2. The second-order valence-electron chi connectivity index (χ2n) is 9.93. The van der Waals surface area contributed by atoms with E-state index in [2.05, 4.69) is 39.5 Å². The van der Waals surface area contributed by atoms with E-state index in [1.54, 1.807) is 11.0 Å². The average molecular weight is 480 g/mol. The van der Waals surface area contributed by atoms with E-state index in [9.17, 15) is 9.59 Å². The van der Waals surface area contributed by atoms with E-state index in [-0.39, 0.29) is 6.04 Å². The summed E-state index contributed by atoms with van der Waals surface area (Å²) < 4.78 is 0. The molecule has 4 heterocycles. The Hall–Kier alpha value is -3.20. The van der Waals surface area contributed by atoms with Crippen LogP contribution in [0.1, 0.15) is 56.7 Å². The zero-order chi connectivity index (χ0) is 24.9. The van der Waals surface area contributed by atoms with Crippen LogP contribution >= 0.6 is 0 Å². The molecular formula is C26H37N7O2. The van der Waals surface area contributed by atoms with Gasteiger partial charge >= 0.3 is 11.8 Å². The number of carbonyl (C=O) groups is 2. The number of aromatic nitrogens is 2. The van der Waals surface area contributed by atoms with Gasteiger partial charge in [-0.25, -0.2) is 9.97 Å². The lowest BCUT2D eigenvalue weighted by Crippen LogP contribution is -2.46. The second-order valence-corrected chi connectivity index (χ2v) is 9.93. The summed E-state index contributed by atoms with van der Waals surface area (Å²) in [5.41, 5.74) is 8.12. The molecule has 2 saturated heterocycles. The van der Waals surface area contributed by atoms with Crippen molar-refractivity contribution in [2.45, 2.75) is 58.0 Å². The molecule has 0 bridgehead atoms. The lowest BCUT2D eigenvalue weighted by atomic mass is 9.90. The smallest absolute Gasteiger partial charge is 0.313 e. The normalized spacial score (nSPS) is 21.5. The number of hydrogen-bond donors (Lipinski definition) is 3. The van der Waals surface area contributed by atoms with Gasteiger partial charge in [0.15, 0.2) is 0 Å². The summed E-state index contributed by atoms with van der Waals surface area (Å²) in [6.07, 6.45) is 8.00. The van der Waals surface area contributed by atoms with Crippen molar-refractivity contribution in [1.82, 2.24) is 19.8 Å². The van der Waals surface area contributed by atoms with Gasteiger partial charge in [-0.1, -0.05) is 19.9 Å². The summed E-state index contributed by atoms with van der Waals surface area (Å²) in [5.74, 6) is 0.413. The van der Waals surface area contributed by atoms with E-state index < -0.39 is 11.8 Å². The number of piperidine rings is 2. The van der Waals surface area contributed by atoms with Gasteiger partial charge in [0, 0.05) is 18.8 Å². The molecule has 2 atom stereocenters. The second kappa shape index (κ2) is 11.0. The zero-order valence-electron chi connectivity index (χ0n) is 21.0. The summed E-state index contributed by atoms with van der Waals surface area (Å²) in [4.78, 5) is 38.9. The molecule has 4 rings (SSSR count). The highest BCUT2D eigenvalue weighted by atomic mass is 16.2. The fourth-order valence-electron chi connectivity index (χ4n) is 4.96. The first-order chi connectivity index (χ1) is 16.8. The first-order valence-electron chi connectivity index (χ1n) is 12.6. The molecule has 0 radical (unpaired) electrons. The first-order valence-corrected chi connectivity index (χ1v) is 12.6. The minimum atomic E-state index is -0.661. The minimum Gasteiger partial charge on any atom is -0.383 e. The number of anilines is 3. The molecule has 9 nitrogen and oxygen atoms in total. The van der Waals surface area contributed by atoms with E-state index in [1.165, 1.54) is 6.20 Å². The van der Waals surface area contributed by atoms with Gasteiger partial charge < -0.3 is 26.2 Å². The van der Waals surface area contributed by atoms with Gasteiger partial charge in [-0.05, 0) is 81.4 Å². The number of likely N-dealkylation sites (tertiary alicyclic amines) is 2. The van der Waals surface area contributed by atoms with Gasteiger partial charge in [0.1, 0.15) is 11.6 Å². The molecule has 0 aromatic carbocycles. The quantitative estimate of drug-likeness (QED) is 0.564. The van der Waals surface area contributed by atoms with Crippen LogP contribution in [0.5, 0.6) is 0 Å². The van der Waals surface area contributed by atoms with Crippen LogP contribution in [0.4, 0.5) is 17.3 Å². The maximum atomic E-state index is 13.2. The third-order valence-corrected chi connectivity index (χ3v) is 7.15. The number of pyridine rings is 2. The lowest BCUT2D eigenvalue weighted by Gasteiger charge is -2.38. The molecule has 188 valence electrons. The SMILES string of the molecule is CCc1cc(NC(=O)C(=O)N2C[C@@H](C)CC[C@@H]2c2ccc(NC3CCN(C)CC3)nc2)cnc1N. The highest BCUT2D eigenvalue weighted by Crippen LogP contribution is 2.33. The minimum absolute atomic E-state index is 0.176. The van der Waals surface area contributed by atoms with E-state index in [0.717, 1.165) is 55.7 Å². The van der Waals surface area contributed by atoms with Gasteiger partial charge in [0.05, 0.1) is 17.9 Å². The Labute approximate surface area is 207 Å². The number of hydrogen-bond acceptors (Lipinski definition) is 7. The third-order valence-electron chi connectivity index (χ3n) is 7.15. The fraction of sp³-hybridized carbons (Fsp3) is 0.538. The molecule has 4 N–H and O–H groups in total. The molecule has 2 aromatic heterocycles. The van der Waals surface area contributed by atoms with Crippen molar-refractivity contribution in [1.29, 1.82) is 0 Å². The molecular weight excluding hydrogens is 442 g/mol. The summed E-state index contributed by atoms with van der Waals surface area (Å²) >= 11 is 0. The fourth-order valence-corrected chi connectivity index (χ4v) is 4.96. The lowest BCUT2D eigenvalue weighted by molar-refractivity contribution is -0.146. The molecule has 0 unspecified atom stereocenters. The van der Waals surface area contributed by atoms with Gasteiger partial charge in [-0.2, -0.15) is 0 Å². The van der Waals surface area contributed by atoms with Crippen LogP contribution in [0.3, 0.4) is 0 Å². The number of nitrogens with two attached hydrogens (primary N) is 1. The number of rotatable bonds is 5. The Morgan fingerprint density at radius 2 is 1.89 bits per heavy atom.